The Kier molecular flexibility index (Phi) is 6.72. The van der Waals surface area contributed by atoms with E-state index in [4.69, 9.17) is 5.73 Å². The summed E-state index contributed by atoms with van der Waals surface area (Å²) in [6.07, 6.45) is 0.872. The van der Waals surface area contributed by atoms with Gasteiger partial charge in [0.1, 0.15) is 11.4 Å². The van der Waals surface area contributed by atoms with Gasteiger partial charge in [0.25, 0.3) is 5.56 Å². The molecule has 0 fully saturated rings. The zero-order valence-electron chi connectivity index (χ0n) is 16.5. The van der Waals surface area contributed by atoms with Crippen molar-refractivity contribution in [3.63, 3.8) is 0 Å². The number of aromatic nitrogens is 3. The number of rotatable bonds is 8. The van der Waals surface area contributed by atoms with E-state index in [0.29, 0.717) is 13.1 Å². The second kappa shape index (κ2) is 8.62. The standard InChI is InChI=1S/C18H27N5O3S/c1-6-14-20-12(10-27-14)8-21(4)9-13(24)15-16(19)23(7-11(2)3)18(26)22(5)17(15)25/h10-11H,6-9,19H2,1-5H3. The topological polar surface area (TPSA) is 103 Å². The van der Waals surface area contributed by atoms with Gasteiger partial charge in [-0.2, -0.15) is 0 Å². The number of ketones is 1. The van der Waals surface area contributed by atoms with E-state index in [1.165, 1.54) is 11.6 Å². The summed E-state index contributed by atoms with van der Waals surface area (Å²) in [4.78, 5) is 43.9. The van der Waals surface area contributed by atoms with Crippen LogP contribution in [0.1, 0.15) is 41.8 Å². The van der Waals surface area contributed by atoms with Gasteiger partial charge in [-0.3, -0.25) is 23.6 Å². The molecule has 0 saturated carbocycles. The number of aryl methyl sites for hydroxylation is 1. The molecular formula is C18H27N5O3S. The molecule has 0 atom stereocenters. The zero-order valence-corrected chi connectivity index (χ0v) is 17.3. The molecule has 9 heteroatoms. The van der Waals surface area contributed by atoms with Crippen LogP contribution in [0, 0.1) is 5.92 Å². The molecule has 2 N–H and O–H groups in total. The normalized spacial score (nSPS) is 11.5. The number of carbonyl (C=O) groups excluding carboxylic acids is 1. The van der Waals surface area contributed by atoms with Crippen LogP contribution in [0.2, 0.25) is 0 Å². The van der Waals surface area contributed by atoms with E-state index in [1.54, 1.807) is 23.3 Å². The molecule has 2 rings (SSSR count). The molecule has 0 bridgehead atoms. The molecule has 27 heavy (non-hydrogen) atoms. The van der Waals surface area contributed by atoms with E-state index in [-0.39, 0.29) is 23.8 Å². The molecule has 2 aromatic heterocycles. The van der Waals surface area contributed by atoms with E-state index in [9.17, 15) is 14.4 Å². The summed E-state index contributed by atoms with van der Waals surface area (Å²) in [7, 11) is 3.15. The number of anilines is 1. The van der Waals surface area contributed by atoms with E-state index >= 15 is 0 Å². The van der Waals surface area contributed by atoms with Gasteiger partial charge in [0, 0.05) is 25.5 Å². The predicted molar refractivity (Wildman–Crippen MR) is 107 cm³/mol. The Morgan fingerprint density at radius 1 is 1.37 bits per heavy atom. The number of nitrogens with zero attached hydrogens (tertiary/aromatic N) is 4. The third kappa shape index (κ3) is 4.72. The van der Waals surface area contributed by atoms with Crippen molar-refractivity contribution in [1.82, 2.24) is 19.0 Å². The highest BCUT2D eigenvalue weighted by Crippen LogP contribution is 2.13. The summed E-state index contributed by atoms with van der Waals surface area (Å²) >= 11 is 1.59. The number of likely N-dealkylation sites (N-methyl/N-ethyl adjacent to an activating group) is 1. The van der Waals surface area contributed by atoms with Crippen molar-refractivity contribution < 1.29 is 4.79 Å². The summed E-state index contributed by atoms with van der Waals surface area (Å²) in [6.45, 7) is 6.76. The van der Waals surface area contributed by atoms with Crippen LogP contribution in [-0.2, 0) is 26.6 Å². The Morgan fingerprint density at radius 3 is 2.59 bits per heavy atom. The number of nitrogen functional groups attached to an aromatic ring is 1. The number of Topliss-reactive ketones (excluding diaryl/α,β-unsaturated/α-hetero) is 1. The van der Waals surface area contributed by atoms with Crippen LogP contribution in [0.25, 0.3) is 0 Å². The van der Waals surface area contributed by atoms with Gasteiger partial charge in [-0.1, -0.05) is 20.8 Å². The average molecular weight is 394 g/mol. The molecule has 148 valence electrons. The first-order chi connectivity index (χ1) is 12.6. The molecule has 2 heterocycles. The Morgan fingerprint density at radius 2 is 2.04 bits per heavy atom. The maximum Gasteiger partial charge on any atom is 0.332 e. The van der Waals surface area contributed by atoms with Crippen molar-refractivity contribution in [3.05, 3.63) is 42.5 Å². The lowest BCUT2D eigenvalue weighted by molar-refractivity contribution is 0.0940. The third-order valence-corrected chi connectivity index (χ3v) is 5.20. The molecule has 0 aliphatic carbocycles. The van der Waals surface area contributed by atoms with Crippen molar-refractivity contribution in [1.29, 1.82) is 0 Å². The van der Waals surface area contributed by atoms with E-state index in [2.05, 4.69) is 4.98 Å². The van der Waals surface area contributed by atoms with E-state index in [0.717, 1.165) is 21.7 Å². The predicted octanol–water partition coefficient (Wildman–Crippen LogP) is 1.12. The van der Waals surface area contributed by atoms with Gasteiger partial charge < -0.3 is 5.73 Å². The smallest absolute Gasteiger partial charge is 0.332 e. The molecule has 0 aliphatic rings. The minimum atomic E-state index is -0.655. The van der Waals surface area contributed by atoms with Crippen LogP contribution in [0.5, 0.6) is 0 Å². The highest BCUT2D eigenvalue weighted by molar-refractivity contribution is 7.09. The summed E-state index contributed by atoms with van der Waals surface area (Å²) in [6, 6.07) is 0. The van der Waals surface area contributed by atoms with Crippen LogP contribution in [0.15, 0.2) is 15.0 Å². The summed E-state index contributed by atoms with van der Waals surface area (Å²) < 4.78 is 2.24. The van der Waals surface area contributed by atoms with Crippen LogP contribution in [0.3, 0.4) is 0 Å². The van der Waals surface area contributed by atoms with Crippen LogP contribution in [0.4, 0.5) is 5.82 Å². The maximum atomic E-state index is 12.8. The average Bonchev–Trinajstić information content (AvgIpc) is 3.04. The van der Waals surface area contributed by atoms with Crippen LogP contribution in [-0.4, -0.2) is 38.4 Å². The lowest BCUT2D eigenvalue weighted by Gasteiger charge is -2.18. The Hall–Kier alpha value is -2.26. The number of hydrogen-bond acceptors (Lipinski definition) is 7. The first-order valence-corrected chi connectivity index (χ1v) is 9.77. The molecular weight excluding hydrogens is 366 g/mol. The first kappa shape index (κ1) is 21.0. The largest absolute Gasteiger partial charge is 0.384 e. The molecule has 0 unspecified atom stereocenters. The van der Waals surface area contributed by atoms with Gasteiger partial charge in [-0.15, -0.1) is 11.3 Å². The van der Waals surface area contributed by atoms with Gasteiger partial charge in [-0.25, -0.2) is 9.78 Å². The molecule has 8 nitrogen and oxygen atoms in total. The van der Waals surface area contributed by atoms with E-state index in [1.807, 2.05) is 26.2 Å². The van der Waals surface area contributed by atoms with Crippen molar-refractivity contribution in [2.24, 2.45) is 13.0 Å². The van der Waals surface area contributed by atoms with Gasteiger partial charge in [0.05, 0.1) is 17.2 Å². The fraction of sp³-hybridized carbons (Fsp3) is 0.556. The monoisotopic (exact) mass is 393 g/mol. The maximum absolute atomic E-state index is 12.8. The summed E-state index contributed by atoms with van der Waals surface area (Å²) in [5.41, 5.74) is 5.65. The Labute approximate surface area is 162 Å². The number of carbonyl (C=O) groups is 1. The van der Waals surface area contributed by atoms with Crippen LogP contribution >= 0.6 is 11.3 Å². The number of thiazole rings is 1. The van der Waals surface area contributed by atoms with E-state index < -0.39 is 17.0 Å². The highest BCUT2D eigenvalue weighted by atomic mass is 32.1. The minimum Gasteiger partial charge on any atom is -0.384 e. The minimum absolute atomic E-state index is 0.0122. The fourth-order valence-corrected chi connectivity index (χ4v) is 3.56. The molecule has 0 aromatic carbocycles. The zero-order chi connectivity index (χ0) is 20.3. The Bertz CT molecular complexity index is 941. The van der Waals surface area contributed by atoms with Crippen molar-refractivity contribution in [3.8, 4) is 0 Å². The van der Waals surface area contributed by atoms with Gasteiger partial charge in [0.2, 0.25) is 0 Å². The summed E-state index contributed by atoms with van der Waals surface area (Å²) in [5, 5.41) is 3.01. The fourth-order valence-electron chi connectivity index (χ4n) is 2.83. The van der Waals surface area contributed by atoms with Gasteiger partial charge in [-0.05, 0) is 19.4 Å². The molecule has 0 spiro atoms. The molecule has 2 aromatic rings. The quantitative estimate of drug-likeness (QED) is 0.674. The van der Waals surface area contributed by atoms with Gasteiger partial charge in [0.15, 0.2) is 5.78 Å². The number of nitrogens with two attached hydrogens (primary N) is 1. The van der Waals surface area contributed by atoms with Gasteiger partial charge >= 0.3 is 5.69 Å². The molecule has 0 amide bonds. The highest BCUT2D eigenvalue weighted by Gasteiger charge is 2.23. The third-order valence-electron chi connectivity index (χ3n) is 4.16. The number of hydrogen-bond donors (Lipinski definition) is 1. The molecule has 0 aliphatic heterocycles. The van der Waals surface area contributed by atoms with Crippen LogP contribution < -0.4 is 17.0 Å². The second-order valence-corrected chi connectivity index (χ2v) is 8.04. The first-order valence-electron chi connectivity index (χ1n) is 8.90. The molecule has 0 saturated heterocycles. The van der Waals surface area contributed by atoms with Crippen molar-refractivity contribution in [2.45, 2.75) is 40.3 Å². The lowest BCUT2D eigenvalue weighted by atomic mass is 10.1. The summed E-state index contributed by atoms with van der Waals surface area (Å²) in [5.74, 6) is -0.318. The molecule has 0 radical (unpaired) electrons. The lowest BCUT2D eigenvalue weighted by Crippen LogP contribution is -2.44. The SMILES string of the molecule is CCc1nc(CN(C)CC(=O)c2c(N)n(CC(C)C)c(=O)n(C)c2=O)cs1. The van der Waals surface area contributed by atoms with Crippen molar-refractivity contribution >= 4 is 22.9 Å². The van der Waals surface area contributed by atoms with Crippen molar-refractivity contribution in [2.75, 3.05) is 19.3 Å². The second-order valence-electron chi connectivity index (χ2n) is 7.09. The Balaban J connectivity index is 2.28.